The van der Waals surface area contributed by atoms with Crippen molar-refractivity contribution in [2.45, 2.75) is 25.8 Å². The minimum atomic E-state index is -0.150. The van der Waals surface area contributed by atoms with Gasteiger partial charge in [-0.1, -0.05) is 66.7 Å². The lowest BCUT2D eigenvalue weighted by molar-refractivity contribution is -0.121. The Bertz CT molecular complexity index is 894. The second-order valence-corrected chi connectivity index (χ2v) is 6.64. The number of benzene rings is 2. The highest BCUT2D eigenvalue weighted by Crippen LogP contribution is 2.27. The molecule has 0 aliphatic carbocycles. The van der Waals surface area contributed by atoms with Crippen molar-refractivity contribution in [3.8, 4) is 0 Å². The van der Waals surface area contributed by atoms with Gasteiger partial charge in [-0.05, 0) is 30.5 Å². The number of nitrogens with one attached hydrogen (secondary N) is 1. The van der Waals surface area contributed by atoms with E-state index in [1.54, 1.807) is 25.3 Å². The van der Waals surface area contributed by atoms with Gasteiger partial charge >= 0.3 is 0 Å². The first-order valence-electron chi connectivity index (χ1n) is 9.18. The summed E-state index contributed by atoms with van der Waals surface area (Å²) in [6, 6.07) is 24.2. The highest BCUT2D eigenvalue weighted by Gasteiger charge is 2.14. The molecule has 27 heavy (non-hydrogen) atoms. The molecule has 0 unspecified atom stereocenters. The predicted octanol–water partition coefficient (Wildman–Crippen LogP) is 3.50. The second kappa shape index (κ2) is 8.99. The maximum atomic E-state index is 12.3. The quantitative estimate of drug-likeness (QED) is 0.701. The van der Waals surface area contributed by atoms with Gasteiger partial charge in [-0.15, -0.1) is 0 Å². The van der Waals surface area contributed by atoms with Crippen LogP contribution in [0.2, 0.25) is 0 Å². The molecule has 4 heteroatoms. The average molecular weight is 360 g/mol. The Morgan fingerprint density at radius 1 is 0.926 bits per heavy atom. The van der Waals surface area contributed by atoms with E-state index in [1.165, 1.54) is 15.7 Å². The van der Waals surface area contributed by atoms with Crippen molar-refractivity contribution in [1.29, 1.82) is 0 Å². The van der Waals surface area contributed by atoms with Gasteiger partial charge in [0, 0.05) is 24.2 Å². The fraction of sp³-hybridized carbons (Fsp3) is 0.217. The lowest BCUT2D eigenvalue weighted by atomic mass is 9.88. The third kappa shape index (κ3) is 4.94. The summed E-state index contributed by atoms with van der Waals surface area (Å²) in [5.74, 6) is 0.0666. The first-order valence-corrected chi connectivity index (χ1v) is 9.18. The van der Waals surface area contributed by atoms with Crippen LogP contribution in [0, 0.1) is 6.92 Å². The molecule has 0 fully saturated rings. The molecule has 1 amide bonds. The fourth-order valence-corrected chi connectivity index (χ4v) is 3.24. The molecule has 1 N–H and O–H groups in total. The lowest BCUT2D eigenvalue weighted by Crippen LogP contribution is -2.33. The Balaban J connectivity index is 1.63. The maximum absolute atomic E-state index is 12.3. The molecule has 0 spiro atoms. The van der Waals surface area contributed by atoms with Crippen molar-refractivity contribution in [3.63, 3.8) is 0 Å². The second-order valence-electron chi connectivity index (χ2n) is 6.64. The zero-order chi connectivity index (χ0) is 19.1. The summed E-state index contributed by atoms with van der Waals surface area (Å²) in [7, 11) is 0. The fourth-order valence-electron chi connectivity index (χ4n) is 3.24. The molecule has 2 aromatic carbocycles. The Morgan fingerprint density at radius 2 is 1.52 bits per heavy atom. The number of carbonyl (C=O) groups excluding carboxylic acids is 1. The molecule has 4 nitrogen and oxygen atoms in total. The van der Waals surface area contributed by atoms with Gasteiger partial charge in [0.1, 0.15) is 6.54 Å². The van der Waals surface area contributed by atoms with Crippen molar-refractivity contribution in [2.75, 3.05) is 6.54 Å². The van der Waals surface area contributed by atoms with Crippen molar-refractivity contribution in [3.05, 3.63) is 106 Å². The number of hydrogen-bond acceptors (Lipinski definition) is 2. The van der Waals surface area contributed by atoms with Crippen LogP contribution >= 0.6 is 0 Å². The van der Waals surface area contributed by atoms with Crippen LogP contribution in [-0.4, -0.2) is 17.0 Å². The Labute approximate surface area is 159 Å². The van der Waals surface area contributed by atoms with Gasteiger partial charge in [0.2, 0.25) is 5.91 Å². The van der Waals surface area contributed by atoms with Crippen molar-refractivity contribution >= 4 is 5.91 Å². The zero-order valence-electron chi connectivity index (χ0n) is 15.5. The molecule has 0 saturated carbocycles. The molecule has 0 radical (unpaired) electrons. The van der Waals surface area contributed by atoms with E-state index >= 15 is 0 Å². The topological polar surface area (TPSA) is 51.1 Å². The monoisotopic (exact) mass is 360 g/mol. The number of pyridine rings is 1. The SMILES string of the molecule is Cc1cccn(CC(=O)NCCC(c2ccccc2)c2ccccc2)c1=O. The summed E-state index contributed by atoms with van der Waals surface area (Å²) in [6.07, 6.45) is 2.44. The van der Waals surface area contributed by atoms with Crippen LogP contribution in [-0.2, 0) is 11.3 Å². The molecule has 1 aromatic heterocycles. The first-order chi connectivity index (χ1) is 13.1. The highest BCUT2D eigenvalue weighted by atomic mass is 16.2. The number of amides is 1. The maximum Gasteiger partial charge on any atom is 0.253 e. The minimum Gasteiger partial charge on any atom is -0.355 e. The number of nitrogens with zero attached hydrogens (tertiary/aromatic N) is 1. The van der Waals surface area contributed by atoms with Gasteiger partial charge in [0.05, 0.1) is 0 Å². The van der Waals surface area contributed by atoms with Crippen LogP contribution in [0.15, 0.2) is 83.8 Å². The summed E-state index contributed by atoms with van der Waals surface area (Å²) in [6.45, 7) is 2.34. The summed E-state index contributed by atoms with van der Waals surface area (Å²) in [5, 5.41) is 2.95. The van der Waals surface area contributed by atoms with Crippen LogP contribution in [0.25, 0.3) is 0 Å². The summed E-state index contributed by atoms with van der Waals surface area (Å²) < 4.78 is 1.44. The minimum absolute atomic E-state index is 0.0435. The molecule has 138 valence electrons. The van der Waals surface area contributed by atoms with Crippen LogP contribution in [0.4, 0.5) is 0 Å². The summed E-state index contributed by atoms with van der Waals surface area (Å²) >= 11 is 0. The van der Waals surface area contributed by atoms with Crippen LogP contribution in [0.1, 0.15) is 29.0 Å². The number of rotatable bonds is 7. The normalized spacial score (nSPS) is 10.7. The van der Waals surface area contributed by atoms with E-state index < -0.39 is 0 Å². The van der Waals surface area contributed by atoms with Crippen LogP contribution < -0.4 is 10.9 Å². The third-order valence-corrected chi connectivity index (χ3v) is 4.68. The molecule has 3 aromatic rings. The molecule has 1 heterocycles. The molecule has 3 rings (SSSR count). The number of carbonyl (C=O) groups is 1. The van der Waals surface area contributed by atoms with E-state index in [-0.39, 0.29) is 23.9 Å². The van der Waals surface area contributed by atoms with Crippen molar-refractivity contribution in [1.82, 2.24) is 9.88 Å². The zero-order valence-corrected chi connectivity index (χ0v) is 15.5. The van der Waals surface area contributed by atoms with E-state index in [4.69, 9.17) is 0 Å². The van der Waals surface area contributed by atoms with Gasteiger partial charge in [0.25, 0.3) is 5.56 Å². The molecular formula is C23H24N2O2. The van der Waals surface area contributed by atoms with Crippen molar-refractivity contribution in [2.24, 2.45) is 0 Å². The van der Waals surface area contributed by atoms with E-state index in [0.717, 1.165) is 6.42 Å². The third-order valence-electron chi connectivity index (χ3n) is 4.68. The number of hydrogen-bond donors (Lipinski definition) is 1. The predicted molar refractivity (Wildman–Crippen MR) is 108 cm³/mol. The average Bonchev–Trinajstić information content (AvgIpc) is 2.70. The smallest absolute Gasteiger partial charge is 0.253 e. The van der Waals surface area contributed by atoms with Gasteiger partial charge < -0.3 is 9.88 Å². The van der Waals surface area contributed by atoms with Crippen molar-refractivity contribution < 1.29 is 4.79 Å². The number of aromatic nitrogens is 1. The first kappa shape index (κ1) is 18.6. The molecule has 0 aliphatic heterocycles. The number of aryl methyl sites for hydroxylation is 1. The molecule has 0 bridgehead atoms. The van der Waals surface area contributed by atoms with E-state index in [9.17, 15) is 9.59 Å². The van der Waals surface area contributed by atoms with E-state index in [0.29, 0.717) is 12.1 Å². The lowest BCUT2D eigenvalue weighted by Gasteiger charge is -2.18. The molecule has 0 atom stereocenters. The summed E-state index contributed by atoms with van der Waals surface area (Å²) in [5.41, 5.74) is 2.97. The molecule has 0 aliphatic rings. The summed E-state index contributed by atoms with van der Waals surface area (Å²) in [4.78, 5) is 24.3. The standard InChI is InChI=1S/C23H24N2O2/c1-18-9-8-16-25(23(18)27)17-22(26)24-15-14-21(19-10-4-2-5-11-19)20-12-6-3-7-13-20/h2-13,16,21H,14-15,17H2,1H3,(H,24,26). The molecule has 0 saturated heterocycles. The largest absolute Gasteiger partial charge is 0.355 e. The van der Waals surface area contributed by atoms with Gasteiger partial charge in [-0.2, -0.15) is 0 Å². The van der Waals surface area contributed by atoms with E-state index in [1.807, 2.05) is 36.4 Å². The van der Waals surface area contributed by atoms with E-state index in [2.05, 4.69) is 29.6 Å². The van der Waals surface area contributed by atoms with Gasteiger partial charge in [0.15, 0.2) is 0 Å². The van der Waals surface area contributed by atoms with Crippen LogP contribution in [0.5, 0.6) is 0 Å². The van der Waals surface area contributed by atoms with Gasteiger partial charge in [-0.25, -0.2) is 0 Å². The Hall–Kier alpha value is -3.14. The van der Waals surface area contributed by atoms with Gasteiger partial charge in [-0.3, -0.25) is 9.59 Å². The molecular weight excluding hydrogens is 336 g/mol. The highest BCUT2D eigenvalue weighted by molar-refractivity contribution is 5.75. The van der Waals surface area contributed by atoms with Crippen LogP contribution in [0.3, 0.4) is 0 Å². The Morgan fingerprint density at radius 3 is 2.11 bits per heavy atom. The Kier molecular flexibility index (Phi) is 6.21.